The SMILES string of the molecule is CCN(CC)CC1(NC(=O)Cc2cc(C)no2)CC1. The van der Waals surface area contributed by atoms with Gasteiger partial charge in [-0.2, -0.15) is 0 Å². The third-order valence-corrected chi connectivity index (χ3v) is 3.69. The molecule has 0 spiro atoms. The van der Waals surface area contributed by atoms with Crippen LogP contribution < -0.4 is 5.32 Å². The number of aryl methyl sites for hydroxylation is 1. The fraction of sp³-hybridized carbons (Fsp3) is 0.714. The number of nitrogens with zero attached hydrogens (tertiary/aromatic N) is 2. The van der Waals surface area contributed by atoms with Crippen LogP contribution in [0.5, 0.6) is 0 Å². The van der Waals surface area contributed by atoms with Crippen LogP contribution in [-0.4, -0.2) is 41.1 Å². The Kier molecular flexibility index (Phi) is 4.24. The van der Waals surface area contributed by atoms with Gasteiger partial charge in [-0.25, -0.2) is 0 Å². The molecule has 1 heterocycles. The van der Waals surface area contributed by atoms with Gasteiger partial charge < -0.3 is 14.7 Å². The number of carbonyl (C=O) groups is 1. The Morgan fingerprint density at radius 3 is 2.63 bits per heavy atom. The Balaban J connectivity index is 1.84. The lowest BCUT2D eigenvalue weighted by Gasteiger charge is -2.25. The lowest BCUT2D eigenvalue weighted by molar-refractivity contribution is -0.121. The van der Waals surface area contributed by atoms with E-state index in [0.717, 1.165) is 38.2 Å². The molecular formula is C14H23N3O2. The van der Waals surface area contributed by atoms with Crippen molar-refractivity contribution >= 4 is 5.91 Å². The van der Waals surface area contributed by atoms with Crippen LogP contribution in [0.15, 0.2) is 10.6 Å². The second kappa shape index (κ2) is 5.74. The molecule has 19 heavy (non-hydrogen) atoms. The van der Waals surface area contributed by atoms with E-state index in [4.69, 9.17) is 4.52 Å². The molecular weight excluding hydrogens is 242 g/mol. The first-order valence-corrected chi connectivity index (χ1v) is 7.02. The fourth-order valence-corrected chi connectivity index (χ4v) is 2.35. The Morgan fingerprint density at radius 1 is 1.47 bits per heavy atom. The van der Waals surface area contributed by atoms with E-state index in [9.17, 15) is 4.79 Å². The summed E-state index contributed by atoms with van der Waals surface area (Å²) in [6.45, 7) is 9.15. The Hall–Kier alpha value is -1.36. The van der Waals surface area contributed by atoms with Gasteiger partial charge in [-0.15, -0.1) is 0 Å². The molecule has 0 aliphatic heterocycles. The monoisotopic (exact) mass is 265 g/mol. The van der Waals surface area contributed by atoms with E-state index in [2.05, 4.69) is 29.2 Å². The van der Waals surface area contributed by atoms with Crippen LogP contribution in [0.4, 0.5) is 0 Å². The number of nitrogens with one attached hydrogen (secondary N) is 1. The van der Waals surface area contributed by atoms with Gasteiger partial charge in [0.1, 0.15) is 5.76 Å². The molecule has 5 heteroatoms. The van der Waals surface area contributed by atoms with Gasteiger partial charge in [-0.1, -0.05) is 19.0 Å². The van der Waals surface area contributed by atoms with Crippen molar-refractivity contribution in [2.24, 2.45) is 0 Å². The standard InChI is InChI=1S/C14H23N3O2/c1-4-17(5-2)10-14(6-7-14)15-13(18)9-12-8-11(3)16-19-12/h8H,4-7,9-10H2,1-3H3,(H,15,18). The van der Waals surface area contributed by atoms with Crippen molar-refractivity contribution in [1.82, 2.24) is 15.4 Å². The molecule has 0 radical (unpaired) electrons. The highest BCUT2D eigenvalue weighted by atomic mass is 16.5. The summed E-state index contributed by atoms with van der Waals surface area (Å²) in [7, 11) is 0. The van der Waals surface area contributed by atoms with Gasteiger partial charge in [0.25, 0.3) is 0 Å². The van der Waals surface area contributed by atoms with Crippen LogP contribution in [0.1, 0.15) is 38.1 Å². The minimum atomic E-state index is -0.00182. The molecule has 0 atom stereocenters. The van der Waals surface area contributed by atoms with Gasteiger partial charge in [0, 0.05) is 12.6 Å². The first-order chi connectivity index (χ1) is 9.07. The molecule has 0 unspecified atom stereocenters. The molecule has 1 aliphatic rings. The summed E-state index contributed by atoms with van der Waals surface area (Å²) in [6, 6.07) is 1.81. The summed E-state index contributed by atoms with van der Waals surface area (Å²) in [6.07, 6.45) is 2.43. The third kappa shape index (κ3) is 3.80. The van der Waals surface area contributed by atoms with E-state index in [1.165, 1.54) is 0 Å². The zero-order valence-electron chi connectivity index (χ0n) is 12.0. The van der Waals surface area contributed by atoms with Crippen molar-refractivity contribution in [3.63, 3.8) is 0 Å². The molecule has 0 bridgehead atoms. The lowest BCUT2D eigenvalue weighted by atomic mass is 10.2. The molecule has 1 aromatic heterocycles. The van der Waals surface area contributed by atoms with E-state index in [-0.39, 0.29) is 17.9 Å². The van der Waals surface area contributed by atoms with Crippen molar-refractivity contribution in [1.29, 1.82) is 0 Å². The average Bonchev–Trinajstić information content (AvgIpc) is 3.00. The smallest absolute Gasteiger partial charge is 0.228 e. The van der Waals surface area contributed by atoms with Crippen LogP contribution >= 0.6 is 0 Å². The first kappa shape index (κ1) is 14.1. The average molecular weight is 265 g/mol. The summed E-state index contributed by atoms with van der Waals surface area (Å²) in [4.78, 5) is 14.4. The van der Waals surface area contributed by atoms with Gasteiger partial charge in [0.15, 0.2) is 0 Å². The van der Waals surface area contributed by atoms with Crippen LogP contribution in [0, 0.1) is 6.92 Å². The molecule has 106 valence electrons. The number of hydrogen-bond donors (Lipinski definition) is 1. The zero-order chi connectivity index (χ0) is 13.9. The predicted octanol–water partition coefficient (Wildman–Crippen LogP) is 1.52. The van der Waals surface area contributed by atoms with Crippen molar-refractivity contribution in [3.05, 3.63) is 17.5 Å². The van der Waals surface area contributed by atoms with Gasteiger partial charge in [-0.3, -0.25) is 4.79 Å². The fourth-order valence-electron chi connectivity index (χ4n) is 2.35. The lowest BCUT2D eigenvalue weighted by Crippen LogP contribution is -2.46. The highest BCUT2D eigenvalue weighted by Gasteiger charge is 2.44. The highest BCUT2D eigenvalue weighted by molar-refractivity contribution is 5.79. The van der Waals surface area contributed by atoms with Crippen LogP contribution in [0.3, 0.4) is 0 Å². The summed E-state index contributed by atoms with van der Waals surface area (Å²) < 4.78 is 5.07. The van der Waals surface area contributed by atoms with Gasteiger partial charge in [0.2, 0.25) is 5.91 Å². The molecule has 1 saturated carbocycles. The van der Waals surface area contributed by atoms with Crippen molar-refractivity contribution in [2.75, 3.05) is 19.6 Å². The van der Waals surface area contributed by atoms with E-state index in [1.54, 1.807) is 0 Å². The molecule has 5 nitrogen and oxygen atoms in total. The summed E-state index contributed by atoms with van der Waals surface area (Å²) in [5.74, 6) is 0.662. The second-order valence-corrected chi connectivity index (χ2v) is 5.40. The van der Waals surface area contributed by atoms with Crippen LogP contribution in [0.25, 0.3) is 0 Å². The first-order valence-electron chi connectivity index (χ1n) is 7.02. The molecule has 1 fully saturated rings. The minimum Gasteiger partial charge on any atom is -0.361 e. The molecule has 0 saturated heterocycles. The van der Waals surface area contributed by atoms with E-state index in [1.807, 2.05) is 13.0 Å². The van der Waals surface area contributed by atoms with Crippen LogP contribution in [0.2, 0.25) is 0 Å². The number of rotatable bonds is 7. The van der Waals surface area contributed by atoms with E-state index >= 15 is 0 Å². The molecule has 2 rings (SSSR count). The molecule has 1 aromatic rings. The number of aromatic nitrogens is 1. The third-order valence-electron chi connectivity index (χ3n) is 3.69. The maximum Gasteiger partial charge on any atom is 0.228 e. The maximum absolute atomic E-state index is 12.0. The Labute approximate surface area is 114 Å². The van der Waals surface area contributed by atoms with Crippen LogP contribution in [-0.2, 0) is 11.2 Å². The summed E-state index contributed by atoms with van der Waals surface area (Å²) >= 11 is 0. The predicted molar refractivity (Wildman–Crippen MR) is 72.8 cm³/mol. The van der Waals surface area contributed by atoms with Crippen molar-refractivity contribution in [3.8, 4) is 0 Å². The van der Waals surface area contributed by atoms with Crippen molar-refractivity contribution in [2.45, 2.75) is 45.6 Å². The quantitative estimate of drug-likeness (QED) is 0.812. The Bertz CT molecular complexity index is 434. The number of carbonyl (C=O) groups excluding carboxylic acids is 1. The van der Waals surface area contributed by atoms with Gasteiger partial charge in [-0.05, 0) is 32.9 Å². The number of likely N-dealkylation sites (N-methyl/N-ethyl adjacent to an activating group) is 1. The maximum atomic E-state index is 12.0. The molecule has 1 N–H and O–H groups in total. The minimum absolute atomic E-state index is 0.00182. The largest absolute Gasteiger partial charge is 0.361 e. The molecule has 1 amide bonds. The van der Waals surface area contributed by atoms with E-state index in [0.29, 0.717) is 5.76 Å². The number of amides is 1. The van der Waals surface area contributed by atoms with E-state index < -0.39 is 0 Å². The number of hydrogen-bond acceptors (Lipinski definition) is 4. The molecule has 1 aliphatic carbocycles. The normalized spacial score (nSPS) is 16.6. The highest BCUT2D eigenvalue weighted by Crippen LogP contribution is 2.36. The zero-order valence-corrected chi connectivity index (χ0v) is 12.0. The second-order valence-electron chi connectivity index (χ2n) is 5.40. The topological polar surface area (TPSA) is 58.4 Å². The summed E-state index contributed by atoms with van der Waals surface area (Å²) in [5, 5.41) is 6.95. The summed E-state index contributed by atoms with van der Waals surface area (Å²) in [5.41, 5.74) is 0.810. The Morgan fingerprint density at radius 2 is 2.16 bits per heavy atom. The van der Waals surface area contributed by atoms with Crippen molar-refractivity contribution < 1.29 is 9.32 Å². The molecule has 0 aromatic carbocycles. The van der Waals surface area contributed by atoms with Gasteiger partial charge >= 0.3 is 0 Å². The van der Waals surface area contributed by atoms with Gasteiger partial charge in [0.05, 0.1) is 17.7 Å².